The van der Waals surface area contributed by atoms with E-state index in [0.717, 1.165) is 31.1 Å². The second kappa shape index (κ2) is 7.74. The van der Waals surface area contributed by atoms with E-state index in [1.807, 2.05) is 12.1 Å². The molecule has 0 amide bonds. The van der Waals surface area contributed by atoms with Crippen LogP contribution in [0.1, 0.15) is 57.4 Å². The molecule has 0 aromatic heterocycles. The van der Waals surface area contributed by atoms with Gasteiger partial charge in [-0.15, -0.1) is 0 Å². The molecule has 0 bridgehead atoms. The van der Waals surface area contributed by atoms with Crippen molar-refractivity contribution in [3.63, 3.8) is 0 Å². The van der Waals surface area contributed by atoms with Gasteiger partial charge in [-0.05, 0) is 79.1 Å². The van der Waals surface area contributed by atoms with Gasteiger partial charge in [0.1, 0.15) is 5.75 Å². The molecule has 3 rings (SSSR count). The third-order valence-corrected chi connectivity index (χ3v) is 7.04. The summed E-state index contributed by atoms with van der Waals surface area (Å²) in [4.78, 5) is 12.4. The molecule has 1 aliphatic carbocycles. The SMILES string of the molecule is CCC(C)c1ccc(OC(=O)C2CCC(C3CSC3)CC2)cc1. The second-order valence-corrected chi connectivity index (χ2v) is 8.28. The Kier molecular flexibility index (Phi) is 5.68. The topological polar surface area (TPSA) is 26.3 Å². The molecule has 1 aromatic carbocycles. The normalized spacial score (nSPS) is 26.3. The molecule has 1 heterocycles. The molecule has 1 unspecified atom stereocenters. The first-order chi connectivity index (χ1) is 11.2. The Balaban J connectivity index is 1.49. The molecule has 2 aliphatic rings. The maximum absolute atomic E-state index is 12.4. The first-order valence-electron chi connectivity index (χ1n) is 9.06. The molecule has 2 fully saturated rings. The number of thioether (sulfide) groups is 1. The van der Waals surface area contributed by atoms with Crippen molar-refractivity contribution in [2.45, 2.75) is 51.9 Å². The van der Waals surface area contributed by atoms with Crippen molar-refractivity contribution in [1.29, 1.82) is 0 Å². The monoisotopic (exact) mass is 332 g/mol. The van der Waals surface area contributed by atoms with Gasteiger partial charge in [0.05, 0.1) is 5.92 Å². The van der Waals surface area contributed by atoms with E-state index in [2.05, 4.69) is 37.7 Å². The first kappa shape index (κ1) is 16.9. The van der Waals surface area contributed by atoms with Gasteiger partial charge >= 0.3 is 5.97 Å². The zero-order valence-corrected chi connectivity index (χ0v) is 15.1. The van der Waals surface area contributed by atoms with Gasteiger partial charge in [-0.2, -0.15) is 11.8 Å². The molecule has 126 valence electrons. The average Bonchev–Trinajstić information content (AvgIpc) is 2.54. The molecule has 2 nitrogen and oxygen atoms in total. The van der Waals surface area contributed by atoms with Crippen LogP contribution in [0.3, 0.4) is 0 Å². The fourth-order valence-electron chi connectivity index (χ4n) is 3.65. The van der Waals surface area contributed by atoms with Gasteiger partial charge in [-0.1, -0.05) is 26.0 Å². The standard InChI is InChI=1S/C20H28O2S/c1-3-14(2)15-8-10-19(11-9-15)22-20(21)17-6-4-16(5-7-17)18-12-23-13-18/h8-11,14,16-18H,3-7,12-13H2,1-2H3. The van der Waals surface area contributed by atoms with Crippen LogP contribution in [0.25, 0.3) is 0 Å². The fraction of sp³-hybridized carbons (Fsp3) is 0.650. The number of esters is 1. The van der Waals surface area contributed by atoms with Gasteiger partial charge in [0.2, 0.25) is 0 Å². The van der Waals surface area contributed by atoms with Crippen molar-refractivity contribution in [2.75, 3.05) is 11.5 Å². The highest BCUT2D eigenvalue weighted by Gasteiger charge is 2.34. The Hall–Kier alpha value is -0.960. The Labute approximate surface area is 144 Å². The smallest absolute Gasteiger partial charge is 0.314 e. The number of hydrogen-bond acceptors (Lipinski definition) is 3. The lowest BCUT2D eigenvalue weighted by Gasteiger charge is -2.37. The molecular formula is C20H28O2S. The van der Waals surface area contributed by atoms with Crippen molar-refractivity contribution in [2.24, 2.45) is 17.8 Å². The van der Waals surface area contributed by atoms with Crippen LogP contribution in [0, 0.1) is 17.8 Å². The fourth-order valence-corrected chi connectivity index (χ4v) is 4.70. The summed E-state index contributed by atoms with van der Waals surface area (Å²) in [6.07, 6.45) is 5.56. The van der Waals surface area contributed by atoms with Crippen LogP contribution in [0.4, 0.5) is 0 Å². The zero-order chi connectivity index (χ0) is 16.2. The molecule has 0 spiro atoms. The summed E-state index contributed by atoms with van der Waals surface area (Å²) >= 11 is 2.06. The first-order valence-corrected chi connectivity index (χ1v) is 10.2. The van der Waals surface area contributed by atoms with Crippen molar-refractivity contribution in [1.82, 2.24) is 0 Å². The van der Waals surface area contributed by atoms with Gasteiger partial charge < -0.3 is 4.74 Å². The Morgan fingerprint density at radius 3 is 2.30 bits per heavy atom. The van der Waals surface area contributed by atoms with Crippen LogP contribution in [-0.2, 0) is 4.79 Å². The highest BCUT2D eigenvalue weighted by molar-refractivity contribution is 8.00. The molecule has 1 saturated carbocycles. The highest BCUT2D eigenvalue weighted by Crippen LogP contribution is 2.41. The Bertz CT molecular complexity index is 513. The van der Waals surface area contributed by atoms with Gasteiger partial charge in [0, 0.05) is 0 Å². The lowest BCUT2D eigenvalue weighted by atomic mass is 9.76. The molecule has 0 N–H and O–H groups in total. The van der Waals surface area contributed by atoms with Crippen molar-refractivity contribution >= 4 is 17.7 Å². The number of ether oxygens (including phenoxy) is 1. The summed E-state index contributed by atoms with van der Waals surface area (Å²) in [5, 5.41) is 0. The summed E-state index contributed by atoms with van der Waals surface area (Å²) in [6.45, 7) is 4.41. The summed E-state index contributed by atoms with van der Waals surface area (Å²) in [5.41, 5.74) is 1.31. The number of carbonyl (C=O) groups excluding carboxylic acids is 1. The second-order valence-electron chi connectivity index (χ2n) is 7.21. The van der Waals surface area contributed by atoms with Gasteiger partial charge in [-0.25, -0.2) is 0 Å². The molecular weight excluding hydrogens is 304 g/mol. The minimum absolute atomic E-state index is 0.0253. The predicted octanol–water partition coefficient (Wildman–Crippen LogP) is 5.27. The molecule has 1 atom stereocenters. The van der Waals surface area contributed by atoms with E-state index in [4.69, 9.17) is 4.74 Å². The summed E-state index contributed by atoms with van der Waals surface area (Å²) in [5.74, 6) is 5.78. The van der Waals surface area contributed by atoms with Gasteiger partial charge in [0.15, 0.2) is 0 Å². The van der Waals surface area contributed by atoms with E-state index in [1.165, 1.54) is 29.9 Å². The maximum atomic E-state index is 12.4. The third-order valence-electron chi connectivity index (χ3n) is 5.72. The Morgan fingerprint density at radius 1 is 1.13 bits per heavy atom. The minimum atomic E-state index is -0.0253. The summed E-state index contributed by atoms with van der Waals surface area (Å²) in [7, 11) is 0. The van der Waals surface area contributed by atoms with Crippen molar-refractivity contribution in [3.05, 3.63) is 29.8 Å². The molecule has 3 heteroatoms. The number of hydrogen-bond donors (Lipinski definition) is 0. The molecule has 1 saturated heterocycles. The minimum Gasteiger partial charge on any atom is -0.426 e. The van der Waals surface area contributed by atoms with E-state index in [-0.39, 0.29) is 11.9 Å². The van der Waals surface area contributed by atoms with Crippen LogP contribution >= 0.6 is 11.8 Å². The quantitative estimate of drug-likeness (QED) is 0.542. The van der Waals surface area contributed by atoms with Crippen LogP contribution in [0.15, 0.2) is 24.3 Å². The van der Waals surface area contributed by atoms with Gasteiger partial charge in [-0.3, -0.25) is 4.79 Å². The predicted molar refractivity (Wildman–Crippen MR) is 97.0 cm³/mol. The third kappa shape index (κ3) is 4.12. The highest BCUT2D eigenvalue weighted by atomic mass is 32.2. The lowest BCUT2D eigenvalue weighted by Crippen LogP contribution is -2.33. The lowest BCUT2D eigenvalue weighted by molar-refractivity contribution is -0.140. The number of carbonyl (C=O) groups is 1. The van der Waals surface area contributed by atoms with Crippen LogP contribution in [-0.4, -0.2) is 17.5 Å². The molecule has 23 heavy (non-hydrogen) atoms. The van der Waals surface area contributed by atoms with E-state index in [9.17, 15) is 4.79 Å². The van der Waals surface area contributed by atoms with Crippen molar-refractivity contribution in [3.8, 4) is 5.75 Å². The van der Waals surface area contributed by atoms with Gasteiger partial charge in [0.25, 0.3) is 0 Å². The maximum Gasteiger partial charge on any atom is 0.314 e. The van der Waals surface area contributed by atoms with E-state index in [0.29, 0.717) is 11.7 Å². The summed E-state index contributed by atoms with van der Waals surface area (Å²) in [6, 6.07) is 8.05. The largest absolute Gasteiger partial charge is 0.426 e. The van der Waals surface area contributed by atoms with E-state index in [1.54, 1.807) is 0 Å². The number of rotatable bonds is 5. The van der Waals surface area contributed by atoms with E-state index >= 15 is 0 Å². The van der Waals surface area contributed by atoms with E-state index < -0.39 is 0 Å². The molecule has 1 aliphatic heterocycles. The van der Waals surface area contributed by atoms with Crippen molar-refractivity contribution < 1.29 is 9.53 Å². The zero-order valence-electron chi connectivity index (χ0n) is 14.3. The van der Waals surface area contributed by atoms with Crippen LogP contribution < -0.4 is 4.74 Å². The van der Waals surface area contributed by atoms with Crippen LogP contribution in [0.2, 0.25) is 0 Å². The Morgan fingerprint density at radius 2 is 1.78 bits per heavy atom. The number of benzene rings is 1. The summed E-state index contributed by atoms with van der Waals surface area (Å²) < 4.78 is 5.62. The molecule has 0 radical (unpaired) electrons. The van der Waals surface area contributed by atoms with Crippen LogP contribution in [0.5, 0.6) is 5.75 Å². The average molecular weight is 333 g/mol. The molecule has 1 aromatic rings.